The van der Waals surface area contributed by atoms with Gasteiger partial charge >= 0.3 is 12.1 Å². The van der Waals surface area contributed by atoms with E-state index in [9.17, 15) is 32.3 Å². The van der Waals surface area contributed by atoms with Gasteiger partial charge in [0.15, 0.2) is 12.3 Å². The van der Waals surface area contributed by atoms with Crippen LogP contribution in [0.5, 0.6) is 5.75 Å². The number of carbonyl (C=O) groups is 2. The van der Waals surface area contributed by atoms with Crippen LogP contribution < -0.4 is 15.4 Å². The normalized spacial score (nSPS) is 26.2. The Bertz CT molecular complexity index is 1100. The van der Waals surface area contributed by atoms with Gasteiger partial charge in [-0.05, 0) is 44.2 Å². The zero-order valence-corrected chi connectivity index (χ0v) is 18.3. The summed E-state index contributed by atoms with van der Waals surface area (Å²) in [4.78, 5) is 28.1. The zero-order valence-electron chi connectivity index (χ0n) is 17.5. The van der Waals surface area contributed by atoms with E-state index >= 15 is 0 Å². The van der Waals surface area contributed by atoms with Crippen molar-refractivity contribution in [3.63, 3.8) is 0 Å². The number of oxazole rings is 1. The molecule has 13 heteroatoms. The fourth-order valence-electron chi connectivity index (χ4n) is 4.50. The lowest BCUT2D eigenvalue weighted by Crippen LogP contribution is -2.70. The van der Waals surface area contributed by atoms with Crippen molar-refractivity contribution >= 4 is 23.4 Å². The molecule has 1 atom stereocenters. The number of nitrogens with one attached hydrogen (secondary N) is 2. The number of ether oxygens (including phenoxy) is 1. The van der Waals surface area contributed by atoms with Crippen LogP contribution in [0.4, 0.5) is 17.6 Å². The number of rotatable bonds is 6. The Hall–Kier alpha value is -2.86. The molecule has 3 aliphatic carbocycles. The van der Waals surface area contributed by atoms with E-state index < -0.39 is 59.2 Å². The van der Waals surface area contributed by atoms with Gasteiger partial charge in [-0.25, -0.2) is 9.37 Å². The highest BCUT2D eigenvalue weighted by molar-refractivity contribution is 6.30. The largest absolute Gasteiger partial charge is 0.484 e. The molecule has 1 aromatic heterocycles. The molecule has 1 unspecified atom stereocenters. The van der Waals surface area contributed by atoms with E-state index in [0.717, 1.165) is 6.07 Å². The van der Waals surface area contributed by atoms with E-state index in [-0.39, 0.29) is 17.2 Å². The van der Waals surface area contributed by atoms with Crippen molar-refractivity contribution in [3.05, 3.63) is 46.9 Å². The van der Waals surface area contributed by atoms with E-state index in [0.29, 0.717) is 31.9 Å². The summed E-state index contributed by atoms with van der Waals surface area (Å²) in [5.41, 5.74) is -2.30. The van der Waals surface area contributed by atoms with Crippen molar-refractivity contribution in [3.8, 4) is 5.75 Å². The molecular weight excluding hydrogens is 486 g/mol. The second-order valence-corrected chi connectivity index (χ2v) is 8.97. The molecule has 2 amide bonds. The lowest BCUT2D eigenvalue weighted by atomic mass is 9.60. The molecule has 0 spiro atoms. The first-order chi connectivity index (χ1) is 15.9. The number of aliphatic hydroxyl groups excluding tert-OH is 1. The van der Waals surface area contributed by atoms with Crippen molar-refractivity contribution in [1.82, 2.24) is 15.6 Å². The van der Waals surface area contributed by atoms with Gasteiger partial charge in [0.2, 0.25) is 0 Å². The number of nitrogens with zero attached hydrogens (tertiary/aromatic N) is 1. The van der Waals surface area contributed by atoms with Gasteiger partial charge in [-0.1, -0.05) is 11.6 Å². The van der Waals surface area contributed by atoms with Crippen molar-refractivity contribution in [2.45, 2.75) is 55.5 Å². The molecule has 0 saturated heterocycles. The Morgan fingerprint density at radius 3 is 2.53 bits per heavy atom. The van der Waals surface area contributed by atoms with Gasteiger partial charge < -0.3 is 24.9 Å². The van der Waals surface area contributed by atoms with Crippen LogP contribution in [0.15, 0.2) is 28.9 Å². The number of amides is 2. The number of halogens is 5. The van der Waals surface area contributed by atoms with Crippen LogP contribution in [0.3, 0.4) is 0 Å². The topological polar surface area (TPSA) is 114 Å². The molecule has 0 radical (unpaired) electrons. The molecule has 184 valence electrons. The van der Waals surface area contributed by atoms with Gasteiger partial charge in [0.1, 0.15) is 17.8 Å². The molecule has 5 rings (SSSR count). The van der Waals surface area contributed by atoms with Crippen molar-refractivity contribution in [2.24, 2.45) is 0 Å². The van der Waals surface area contributed by atoms with Gasteiger partial charge in [-0.15, -0.1) is 0 Å². The molecule has 1 heterocycles. The lowest BCUT2D eigenvalue weighted by Gasteiger charge is -2.56. The number of aliphatic hydroxyl groups is 1. The second-order valence-electron chi connectivity index (χ2n) is 8.56. The van der Waals surface area contributed by atoms with E-state index in [1.807, 2.05) is 0 Å². The highest BCUT2D eigenvalue weighted by atomic mass is 35.5. The predicted molar refractivity (Wildman–Crippen MR) is 109 cm³/mol. The first-order valence-corrected chi connectivity index (χ1v) is 10.7. The number of aromatic nitrogens is 1. The Morgan fingerprint density at radius 2 is 1.94 bits per heavy atom. The van der Waals surface area contributed by atoms with Crippen LogP contribution in [-0.4, -0.2) is 45.7 Å². The number of hydrogen-bond acceptors (Lipinski definition) is 6. The highest BCUT2D eigenvalue weighted by Crippen LogP contribution is 2.47. The van der Waals surface area contributed by atoms with Gasteiger partial charge in [0, 0.05) is 11.6 Å². The monoisotopic (exact) mass is 505 g/mol. The molecule has 3 fully saturated rings. The second kappa shape index (κ2) is 8.73. The first kappa shape index (κ1) is 24.3. The molecular formula is C21H20ClF4N3O5. The predicted octanol–water partition coefficient (Wildman–Crippen LogP) is 3.23. The highest BCUT2D eigenvalue weighted by Gasteiger charge is 2.55. The van der Waals surface area contributed by atoms with Crippen LogP contribution in [0.2, 0.25) is 5.02 Å². The minimum Gasteiger partial charge on any atom is -0.484 e. The number of fused-ring (bicyclic) bond motifs is 3. The summed E-state index contributed by atoms with van der Waals surface area (Å²) in [5, 5.41) is 16.2. The molecule has 2 bridgehead atoms. The molecule has 3 saturated carbocycles. The molecule has 34 heavy (non-hydrogen) atoms. The smallest absolute Gasteiger partial charge is 0.468 e. The van der Waals surface area contributed by atoms with Crippen LogP contribution in [-0.2, 0) is 11.0 Å². The number of benzene rings is 1. The summed E-state index contributed by atoms with van der Waals surface area (Å²) >= 11 is 5.61. The summed E-state index contributed by atoms with van der Waals surface area (Å²) < 4.78 is 61.1. The molecule has 1 aromatic carbocycles. The third-order valence-corrected chi connectivity index (χ3v) is 6.64. The van der Waals surface area contributed by atoms with E-state index in [1.165, 1.54) is 12.1 Å². The van der Waals surface area contributed by atoms with Gasteiger partial charge in [-0.3, -0.25) is 9.59 Å². The first-order valence-electron chi connectivity index (χ1n) is 10.3. The van der Waals surface area contributed by atoms with Crippen LogP contribution >= 0.6 is 11.6 Å². The van der Waals surface area contributed by atoms with Gasteiger partial charge in [0.05, 0.1) is 16.7 Å². The van der Waals surface area contributed by atoms with Gasteiger partial charge in [0.25, 0.3) is 11.8 Å². The summed E-state index contributed by atoms with van der Waals surface area (Å²) in [6, 6.07) is 3.76. The van der Waals surface area contributed by atoms with Crippen molar-refractivity contribution in [1.29, 1.82) is 0 Å². The number of alkyl halides is 3. The van der Waals surface area contributed by atoms with Crippen molar-refractivity contribution in [2.75, 3.05) is 6.61 Å². The Morgan fingerprint density at radius 1 is 1.24 bits per heavy atom. The molecule has 0 aliphatic heterocycles. The fraction of sp³-hybridized carbons (Fsp3) is 0.476. The maximum atomic E-state index is 13.5. The fourth-order valence-corrected chi connectivity index (χ4v) is 4.62. The van der Waals surface area contributed by atoms with Crippen molar-refractivity contribution < 1.29 is 41.4 Å². The van der Waals surface area contributed by atoms with Gasteiger partial charge in [-0.2, -0.15) is 13.2 Å². The van der Waals surface area contributed by atoms with Crippen LogP contribution in [0.1, 0.15) is 48.5 Å². The average molecular weight is 506 g/mol. The van der Waals surface area contributed by atoms with E-state index in [1.54, 1.807) is 0 Å². The maximum absolute atomic E-state index is 13.5. The Balaban J connectivity index is 1.34. The molecule has 2 aromatic rings. The third kappa shape index (κ3) is 4.83. The quantitative estimate of drug-likeness (QED) is 0.520. The Labute approximate surface area is 195 Å². The van der Waals surface area contributed by atoms with Crippen LogP contribution in [0.25, 0.3) is 0 Å². The SMILES string of the molecule is O=C(COc1ccc(Cl)c(F)c1)NC12CCC(NC(=O)c3coc(C(F)(F)F)n3)(CC1)CC2O. The van der Waals surface area contributed by atoms with E-state index in [4.69, 9.17) is 16.3 Å². The van der Waals surface area contributed by atoms with E-state index in [2.05, 4.69) is 20.0 Å². The molecule has 3 aliphatic rings. The molecule has 8 nitrogen and oxygen atoms in total. The zero-order chi connectivity index (χ0) is 24.7. The minimum absolute atomic E-state index is 0.0804. The summed E-state index contributed by atoms with van der Waals surface area (Å²) in [6.07, 6.45) is -3.71. The third-order valence-electron chi connectivity index (χ3n) is 6.33. The maximum Gasteiger partial charge on any atom is 0.468 e. The minimum atomic E-state index is -4.81. The summed E-state index contributed by atoms with van der Waals surface area (Å²) in [7, 11) is 0. The standard InChI is InChI=1S/C21H20ClF4N3O5/c22-12-2-1-11(7-13(12)23)33-10-16(31)28-20-5-3-19(4-6-20,8-15(20)30)29-17(32)14-9-34-18(27-14)21(24,25)26/h1-2,7,9,15,30H,3-6,8,10H2,(H,28,31)(H,29,32). The average Bonchev–Trinajstić information content (AvgIpc) is 3.27. The molecule has 3 N–H and O–H groups in total. The number of carbonyl (C=O) groups excluding carboxylic acids is 2. The van der Waals surface area contributed by atoms with Crippen LogP contribution in [0, 0.1) is 5.82 Å². The lowest BCUT2D eigenvalue weighted by molar-refractivity contribution is -0.157. The summed E-state index contributed by atoms with van der Waals surface area (Å²) in [5.74, 6) is -3.45. The number of hydrogen-bond donors (Lipinski definition) is 3. The Kier molecular flexibility index (Phi) is 6.23. The summed E-state index contributed by atoms with van der Waals surface area (Å²) in [6.45, 7) is -0.412.